The van der Waals surface area contributed by atoms with Crippen molar-refractivity contribution in [3.05, 3.63) is 0 Å². The van der Waals surface area contributed by atoms with Gasteiger partial charge >= 0.3 is 0 Å². The third-order valence-corrected chi connectivity index (χ3v) is 4.08. The zero-order chi connectivity index (χ0) is 11.6. The van der Waals surface area contributed by atoms with E-state index in [1.165, 1.54) is 70.9 Å². The van der Waals surface area contributed by atoms with Gasteiger partial charge in [-0.3, -0.25) is 0 Å². The molecule has 2 unspecified atom stereocenters. The highest BCUT2D eigenvalue weighted by molar-refractivity contribution is 4.79. The summed E-state index contributed by atoms with van der Waals surface area (Å²) in [5.41, 5.74) is 0. The molecule has 0 aliphatic heterocycles. The Labute approximate surface area is 102 Å². The van der Waals surface area contributed by atoms with Crippen molar-refractivity contribution in [2.24, 2.45) is 11.8 Å². The molecule has 0 radical (unpaired) electrons. The van der Waals surface area contributed by atoms with E-state index < -0.39 is 0 Å². The first kappa shape index (κ1) is 14.0. The summed E-state index contributed by atoms with van der Waals surface area (Å²) in [4.78, 5) is 0. The van der Waals surface area contributed by atoms with Crippen LogP contribution in [0, 0.1) is 11.8 Å². The first-order chi connectivity index (χ1) is 7.88. The van der Waals surface area contributed by atoms with Crippen molar-refractivity contribution >= 4 is 0 Å². The Morgan fingerprint density at radius 3 is 2.50 bits per heavy atom. The van der Waals surface area contributed by atoms with Gasteiger partial charge in [0, 0.05) is 0 Å². The summed E-state index contributed by atoms with van der Waals surface area (Å²) in [6, 6.07) is 0. The van der Waals surface area contributed by atoms with Crippen LogP contribution in [0.5, 0.6) is 0 Å². The molecule has 1 fully saturated rings. The van der Waals surface area contributed by atoms with Gasteiger partial charge in [0.15, 0.2) is 0 Å². The molecule has 1 N–H and O–H groups in total. The van der Waals surface area contributed by atoms with Crippen molar-refractivity contribution in [3.63, 3.8) is 0 Å². The van der Waals surface area contributed by atoms with E-state index in [1.54, 1.807) is 0 Å². The summed E-state index contributed by atoms with van der Waals surface area (Å²) >= 11 is 0. The Bertz CT molecular complexity index is 156. The first-order valence-electron chi connectivity index (χ1n) is 7.59. The van der Waals surface area contributed by atoms with Crippen LogP contribution >= 0.6 is 0 Å². The fourth-order valence-corrected chi connectivity index (χ4v) is 3.06. The Morgan fingerprint density at radius 1 is 0.938 bits per heavy atom. The van der Waals surface area contributed by atoms with Gasteiger partial charge in [-0.05, 0) is 37.8 Å². The standard InChI is InChI=1S/C15H31N/c1-3-5-6-7-9-14-10-8-11-15(14)13-16-12-4-2/h14-16H,3-13H2,1-2H3. The zero-order valence-electron chi connectivity index (χ0n) is 11.4. The van der Waals surface area contributed by atoms with Gasteiger partial charge in [0.05, 0.1) is 0 Å². The molecule has 16 heavy (non-hydrogen) atoms. The summed E-state index contributed by atoms with van der Waals surface area (Å²) in [6.45, 7) is 7.04. The summed E-state index contributed by atoms with van der Waals surface area (Å²) in [6.07, 6.45) is 13.0. The van der Waals surface area contributed by atoms with Gasteiger partial charge in [0.2, 0.25) is 0 Å². The number of hydrogen-bond donors (Lipinski definition) is 1. The molecule has 0 saturated heterocycles. The van der Waals surface area contributed by atoms with Crippen LogP contribution in [0.15, 0.2) is 0 Å². The van der Waals surface area contributed by atoms with Crippen molar-refractivity contribution in [1.29, 1.82) is 0 Å². The van der Waals surface area contributed by atoms with Crippen molar-refractivity contribution < 1.29 is 0 Å². The van der Waals surface area contributed by atoms with Gasteiger partial charge in [0.25, 0.3) is 0 Å². The molecule has 0 aromatic heterocycles. The fraction of sp³-hybridized carbons (Fsp3) is 1.00. The van der Waals surface area contributed by atoms with Gasteiger partial charge in [-0.15, -0.1) is 0 Å². The molecule has 0 aromatic rings. The largest absolute Gasteiger partial charge is 0.316 e. The van der Waals surface area contributed by atoms with Gasteiger partial charge in [-0.1, -0.05) is 58.8 Å². The molecule has 1 saturated carbocycles. The van der Waals surface area contributed by atoms with E-state index in [-0.39, 0.29) is 0 Å². The molecule has 1 heteroatoms. The van der Waals surface area contributed by atoms with Crippen molar-refractivity contribution in [1.82, 2.24) is 5.32 Å². The van der Waals surface area contributed by atoms with Gasteiger partial charge in [0.1, 0.15) is 0 Å². The maximum absolute atomic E-state index is 3.61. The van der Waals surface area contributed by atoms with Gasteiger partial charge in [-0.25, -0.2) is 0 Å². The molecule has 0 heterocycles. The number of unbranched alkanes of at least 4 members (excludes halogenated alkanes) is 3. The lowest BCUT2D eigenvalue weighted by Gasteiger charge is -2.20. The summed E-state index contributed by atoms with van der Waals surface area (Å²) < 4.78 is 0. The highest BCUT2D eigenvalue weighted by atomic mass is 14.9. The molecule has 0 aromatic carbocycles. The second-order valence-electron chi connectivity index (χ2n) is 5.50. The second-order valence-corrected chi connectivity index (χ2v) is 5.50. The molecule has 1 rings (SSSR count). The van der Waals surface area contributed by atoms with Crippen LogP contribution in [-0.4, -0.2) is 13.1 Å². The van der Waals surface area contributed by atoms with Crippen LogP contribution < -0.4 is 5.32 Å². The monoisotopic (exact) mass is 225 g/mol. The van der Waals surface area contributed by atoms with E-state index in [0.717, 1.165) is 11.8 Å². The third-order valence-electron chi connectivity index (χ3n) is 4.08. The van der Waals surface area contributed by atoms with Crippen molar-refractivity contribution in [3.8, 4) is 0 Å². The smallest absolute Gasteiger partial charge is 0.00179 e. The summed E-state index contributed by atoms with van der Waals surface area (Å²) in [5, 5.41) is 3.61. The summed E-state index contributed by atoms with van der Waals surface area (Å²) in [5.74, 6) is 2.04. The van der Waals surface area contributed by atoms with Gasteiger partial charge < -0.3 is 5.32 Å². The molecule has 0 bridgehead atoms. The van der Waals surface area contributed by atoms with Crippen LogP contribution in [-0.2, 0) is 0 Å². The molecule has 1 nitrogen and oxygen atoms in total. The number of nitrogens with one attached hydrogen (secondary N) is 1. The normalized spacial score (nSPS) is 25.1. The maximum atomic E-state index is 3.61. The van der Waals surface area contributed by atoms with Crippen LogP contribution in [0.25, 0.3) is 0 Å². The van der Waals surface area contributed by atoms with E-state index >= 15 is 0 Å². The molecular weight excluding hydrogens is 194 g/mol. The predicted octanol–water partition coefficient (Wildman–Crippen LogP) is 4.37. The molecule has 96 valence electrons. The Balaban J connectivity index is 2.08. The first-order valence-corrected chi connectivity index (χ1v) is 7.59. The van der Waals surface area contributed by atoms with E-state index in [9.17, 15) is 0 Å². The Hall–Kier alpha value is -0.0400. The number of hydrogen-bond acceptors (Lipinski definition) is 1. The van der Waals surface area contributed by atoms with Crippen LogP contribution in [0.4, 0.5) is 0 Å². The van der Waals surface area contributed by atoms with Crippen molar-refractivity contribution in [2.45, 2.75) is 71.6 Å². The average Bonchev–Trinajstić information content (AvgIpc) is 2.73. The molecule has 1 aliphatic carbocycles. The van der Waals surface area contributed by atoms with E-state index in [1.807, 2.05) is 0 Å². The molecule has 1 aliphatic rings. The molecule has 0 amide bonds. The minimum absolute atomic E-state index is 0.994. The minimum atomic E-state index is 0.994. The highest BCUT2D eigenvalue weighted by Crippen LogP contribution is 2.34. The molecule has 2 atom stereocenters. The lowest BCUT2D eigenvalue weighted by molar-refractivity contribution is 0.337. The van der Waals surface area contributed by atoms with E-state index in [2.05, 4.69) is 19.2 Å². The zero-order valence-corrected chi connectivity index (χ0v) is 11.4. The predicted molar refractivity (Wildman–Crippen MR) is 72.8 cm³/mol. The Kier molecular flexibility index (Phi) is 7.92. The molecular formula is C15H31N. The van der Waals surface area contributed by atoms with Crippen LogP contribution in [0.2, 0.25) is 0 Å². The van der Waals surface area contributed by atoms with E-state index in [0.29, 0.717) is 0 Å². The number of rotatable bonds is 9. The third kappa shape index (κ3) is 5.34. The topological polar surface area (TPSA) is 12.0 Å². The van der Waals surface area contributed by atoms with E-state index in [4.69, 9.17) is 0 Å². The highest BCUT2D eigenvalue weighted by Gasteiger charge is 2.25. The second kappa shape index (κ2) is 9.04. The quantitative estimate of drug-likeness (QED) is 0.574. The molecule has 0 spiro atoms. The summed E-state index contributed by atoms with van der Waals surface area (Å²) in [7, 11) is 0. The minimum Gasteiger partial charge on any atom is -0.316 e. The van der Waals surface area contributed by atoms with Crippen LogP contribution in [0.1, 0.15) is 71.6 Å². The lowest BCUT2D eigenvalue weighted by atomic mass is 9.90. The lowest BCUT2D eigenvalue weighted by Crippen LogP contribution is -2.25. The van der Waals surface area contributed by atoms with Crippen LogP contribution in [0.3, 0.4) is 0 Å². The SMILES string of the molecule is CCCCCCC1CCCC1CNCCC. The van der Waals surface area contributed by atoms with Gasteiger partial charge in [-0.2, -0.15) is 0 Å². The Morgan fingerprint density at radius 2 is 1.75 bits per heavy atom. The fourth-order valence-electron chi connectivity index (χ4n) is 3.06. The average molecular weight is 225 g/mol. The van der Waals surface area contributed by atoms with Crippen molar-refractivity contribution in [2.75, 3.05) is 13.1 Å². The maximum Gasteiger partial charge on any atom is -0.00179 e.